The van der Waals surface area contributed by atoms with Crippen molar-refractivity contribution in [3.05, 3.63) is 48.0 Å². The smallest absolute Gasteiger partial charge is 0.472 e. The number of hydrogen-bond acceptors (Lipinski definition) is 5. The number of ketones is 1. The first-order chi connectivity index (χ1) is 16.8. The molecule has 36 heavy (non-hydrogen) atoms. The molecule has 0 amide bonds. The monoisotopic (exact) mass is 504 g/mol. The lowest BCUT2D eigenvalue weighted by Gasteiger charge is -2.66. The van der Waals surface area contributed by atoms with Gasteiger partial charge in [0.05, 0.1) is 19.1 Å². The summed E-state index contributed by atoms with van der Waals surface area (Å²) < 4.78 is 57.6. The van der Waals surface area contributed by atoms with Gasteiger partial charge in [-0.15, -0.1) is 0 Å². The van der Waals surface area contributed by atoms with Gasteiger partial charge in [-0.05, 0) is 54.2 Å². The van der Waals surface area contributed by atoms with E-state index in [-0.39, 0.29) is 35.6 Å². The summed E-state index contributed by atoms with van der Waals surface area (Å²) in [6.07, 6.45) is 3.93. The lowest BCUT2D eigenvalue weighted by atomic mass is 9.38. The number of fused-ring (bicyclic) bond motifs is 4. The van der Waals surface area contributed by atoms with E-state index < -0.39 is 40.6 Å². The fourth-order valence-corrected chi connectivity index (χ4v) is 9.22. The second-order valence-electron chi connectivity index (χ2n) is 12.3. The maximum Gasteiger partial charge on any atom is 0.490 e. The van der Waals surface area contributed by atoms with E-state index >= 15 is 0 Å². The van der Waals surface area contributed by atoms with Gasteiger partial charge in [0.25, 0.3) is 0 Å². The van der Waals surface area contributed by atoms with Crippen LogP contribution in [0.25, 0.3) is 0 Å². The Balaban J connectivity index is 1.53. The molecule has 6 rings (SSSR count). The molecule has 1 saturated heterocycles. The van der Waals surface area contributed by atoms with Crippen LogP contribution < -0.4 is 0 Å². The molecule has 0 radical (unpaired) electrons. The molecule has 1 aromatic heterocycles. The standard InChI is InChI=1S/C28H31F3O5/c1-24-10-8-19(32)27(4)18-7-11-25(2)16(15-9-12-34-13-15)5-6-17(25)26(18,3)22(20(21(24)27)35-14-24)36-23(33)28(29,30)31/h6,8-10,12-13,16,18,20-22H,5,7,11,14H2,1-4H3/t16-,18-,20+,21-,22+,24-,25-,26-,27-/m0/s1. The molecule has 0 aromatic carbocycles. The van der Waals surface area contributed by atoms with Crippen molar-refractivity contribution >= 4 is 11.8 Å². The lowest BCUT2D eigenvalue weighted by Crippen LogP contribution is -2.70. The maximum atomic E-state index is 13.7. The highest BCUT2D eigenvalue weighted by Crippen LogP contribution is 2.74. The molecule has 0 bridgehead atoms. The van der Waals surface area contributed by atoms with Gasteiger partial charge >= 0.3 is 12.1 Å². The van der Waals surface area contributed by atoms with Gasteiger partial charge in [0.15, 0.2) is 5.78 Å². The summed E-state index contributed by atoms with van der Waals surface area (Å²) in [4.78, 5) is 26.0. The average Bonchev–Trinajstić information content (AvgIpc) is 3.51. The van der Waals surface area contributed by atoms with E-state index in [2.05, 4.69) is 13.0 Å². The zero-order chi connectivity index (χ0) is 25.9. The largest absolute Gasteiger partial charge is 0.490 e. The molecule has 0 spiro atoms. The van der Waals surface area contributed by atoms with Gasteiger partial charge in [0.1, 0.15) is 12.2 Å². The zero-order valence-corrected chi connectivity index (χ0v) is 20.9. The normalized spacial score (nSPS) is 47.1. The second-order valence-corrected chi connectivity index (χ2v) is 12.3. The summed E-state index contributed by atoms with van der Waals surface area (Å²) in [5, 5.41) is 0. The SMILES string of the molecule is C[C@]12C3=CC[C@@H](c4ccoc4)[C@]3(C)CC[C@@H]1[C@@]1(C)C(=O)C=C[C@@]3(C)CO[C@@H]([C@H]2OC(=O)C(F)(F)F)[C@H]13. The minimum absolute atomic E-state index is 0.0223. The number of alkyl halides is 3. The zero-order valence-electron chi connectivity index (χ0n) is 20.9. The minimum Gasteiger partial charge on any atom is -0.472 e. The van der Waals surface area contributed by atoms with Gasteiger partial charge in [0.2, 0.25) is 0 Å². The molecule has 3 fully saturated rings. The Morgan fingerprint density at radius 3 is 2.58 bits per heavy atom. The van der Waals surface area contributed by atoms with Gasteiger partial charge < -0.3 is 13.9 Å². The highest BCUT2D eigenvalue weighted by atomic mass is 19.4. The quantitative estimate of drug-likeness (QED) is 0.378. The summed E-state index contributed by atoms with van der Waals surface area (Å²) in [7, 11) is 0. The highest BCUT2D eigenvalue weighted by Gasteiger charge is 2.75. The third-order valence-electron chi connectivity index (χ3n) is 10.6. The molecular weight excluding hydrogens is 473 g/mol. The molecule has 0 unspecified atom stereocenters. The molecular formula is C28H31F3O5. The maximum absolute atomic E-state index is 13.7. The number of furan rings is 1. The molecule has 1 aromatic rings. The summed E-state index contributed by atoms with van der Waals surface area (Å²) in [6.45, 7) is 8.25. The van der Waals surface area contributed by atoms with Crippen LogP contribution in [0.4, 0.5) is 13.2 Å². The van der Waals surface area contributed by atoms with E-state index in [9.17, 15) is 22.8 Å². The van der Waals surface area contributed by atoms with E-state index in [1.807, 2.05) is 32.9 Å². The molecule has 194 valence electrons. The van der Waals surface area contributed by atoms with E-state index in [0.717, 1.165) is 17.6 Å². The highest BCUT2D eigenvalue weighted by molar-refractivity contribution is 5.97. The molecule has 4 aliphatic carbocycles. The molecule has 0 N–H and O–H groups in total. The molecule has 1 aliphatic heterocycles. The first kappa shape index (κ1) is 24.0. The van der Waals surface area contributed by atoms with Crippen LogP contribution in [-0.4, -0.2) is 36.7 Å². The van der Waals surface area contributed by atoms with Crippen LogP contribution in [0.5, 0.6) is 0 Å². The van der Waals surface area contributed by atoms with Crippen molar-refractivity contribution in [2.45, 2.75) is 71.3 Å². The Hall–Kier alpha value is -2.35. The fourth-order valence-electron chi connectivity index (χ4n) is 9.22. The number of carbonyl (C=O) groups excluding carboxylic acids is 2. The predicted molar refractivity (Wildman–Crippen MR) is 123 cm³/mol. The van der Waals surface area contributed by atoms with Crippen molar-refractivity contribution in [1.29, 1.82) is 0 Å². The number of allylic oxidation sites excluding steroid dienone is 2. The van der Waals surface area contributed by atoms with Gasteiger partial charge in [-0.3, -0.25) is 4.79 Å². The minimum atomic E-state index is -5.13. The second kappa shape index (κ2) is 7.15. The lowest BCUT2D eigenvalue weighted by molar-refractivity contribution is -0.240. The van der Waals surface area contributed by atoms with Crippen molar-refractivity contribution < 1.29 is 36.7 Å². The number of halogens is 3. The third-order valence-corrected chi connectivity index (χ3v) is 10.6. The van der Waals surface area contributed by atoms with E-state index in [0.29, 0.717) is 12.8 Å². The Morgan fingerprint density at radius 2 is 1.92 bits per heavy atom. The van der Waals surface area contributed by atoms with Crippen LogP contribution in [-0.2, 0) is 19.1 Å². The molecule has 9 atom stereocenters. The van der Waals surface area contributed by atoms with Gasteiger partial charge in [0, 0.05) is 22.2 Å². The molecule has 5 nitrogen and oxygen atoms in total. The van der Waals surface area contributed by atoms with Crippen molar-refractivity contribution in [3.63, 3.8) is 0 Å². The van der Waals surface area contributed by atoms with Gasteiger partial charge in [-0.25, -0.2) is 4.79 Å². The Labute approximate surface area is 208 Å². The average molecular weight is 505 g/mol. The first-order valence-electron chi connectivity index (χ1n) is 12.6. The Bertz CT molecular complexity index is 1180. The van der Waals surface area contributed by atoms with Crippen molar-refractivity contribution in [2.75, 3.05) is 6.61 Å². The van der Waals surface area contributed by atoms with Crippen LogP contribution in [0.2, 0.25) is 0 Å². The van der Waals surface area contributed by atoms with E-state index in [1.54, 1.807) is 18.6 Å². The van der Waals surface area contributed by atoms with Crippen LogP contribution in [0.15, 0.2) is 46.8 Å². The Kier molecular flexibility index (Phi) is 4.77. The van der Waals surface area contributed by atoms with Gasteiger partial charge in [-0.1, -0.05) is 45.4 Å². The first-order valence-corrected chi connectivity index (χ1v) is 12.6. The third kappa shape index (κ3) is 2.77. The van der Waals surface area contributed by atoms with Crippen LogP contribution in [0, 0.1) is 33.5 Å². The summed E-state index contributed by atoms with van der Waals surface area (Å²) in [6, 6.07) is 1.93. The molecule has 8 heteroatoms. The van der Waals surface area contributed by atoms with Crippen LogP contribution in [0.1, 0.15) is 58.4 Å². The molecule has 2 heterocycles. The van der Waals surface area contributed by atoms with E-state index in [1.165, 1.54) is 0 Å². The van der Waals surface area contributed by atoms with E-state index in [4.69, 9.17) is 13.9 Å². The predicted octanol–water partition coefficient (Wildman–Crippen LogP) is 5.77. The topological polar surface area (TPSA) is 65.7 Å². The number of esters is 1. The number of ether oxygens (including phenoxy) is 2. The fraction of sp³-hybridized carbons (Fsp3) is 0.643. The van der Waals surface area contributed by atoms with Crippen LogP contribution >= 0.6 is 0 Å². The summed E-state index contributed by atoms with van der Waals surface area (Å²) >= 11 is 0. The summed E-state index contributed by atoms with van der Waals surface area (Å²) in [5.74, 6) is -2.83. The number of rotatable bonds is 2. The number of hydrogen-bond donors (Lipinski definition) is 0. The Morgan fingerprint density at radius 1 is 1.17 bits per heavy atom. The van der Waals surface area contributed by atoms with Crippen molar-refractivity contribution in [1.82, 2.24) is 0 Å². The summed E-state index contributed by atoms with van der Waals surface area (Å²) in [5.41, 5.74) is -0.754. The number of carbonyl (C=O) groups is 2. The molecule has 5 aliphatic rings. The van der Waals surface area contributed by atoms with Crippen LogP contribution in [0.3, 0.4) is 0 Å². The van der Waals surface area contributed by atoms with Crippen molar-refractivity contribution in [3.8, 4) is 0 Å². The van der Waals surface area contributed by atoms with Crippen molar-refractivity contribution in [2.24, 2.45) is 33.5 Å². The van der Waals surface area contributed by atoms with Gasteiger partial charge in [-0.2, -0.15) is 13.2 Å². The molecule has 2 saturated carbocycles.